The first-order chi connectivity index (χ1) is 11.2. The van der Waals surface area contributed by atoms with Crippen LogP contribution in [0, 0.1) is 5.41 Å². The summed E-state index contributed by atoms with van der Waals surface area (Å²) in [5.74, 6) is -0.292. The molecule has 0 unspecified atom stereocenters. The molecule has 5 nitrogen and oxygen atoms in total. The molecule has 1 aromatic carbocycles. The fraction of sp³-hybridized carbons (Fsp3) is 0.474. The number of hydrogen-bond donors (Lipinski definition) is 3. The number of nitrogens with one attached hydrogen (secondary N) is 3. The van der Waals surface area contributed by atoms with Crippen molar-refractivity contribution >= 4 is 22.7 Å². The number of carbonyl (C=O) groups excluding carboxylic acids is 2. The highest BCUT2D eigenvalue weighted by Crippen LogP contribution is 2.20. The molecule has 2 rings (SSSR count). The van der Waals surface area contributed by atoms with Gasteiger partial charge in [-0.25, -0.2) is 0 Å². The first-order valence-electron chi connectivity index (χ1n) is 8.35. The summed E-state index contributed by atoms with van der Waals surface area (Å²) in [6.07, 6.45) is 2.36. The number of amides is 2. The second-order valence-corrected chi connectivity index (χ2v) is 7.50. The molecule has 0 radical (unpaired) electrons. The van der Waals surface area contributed by atoms with Crippen LogP contribution < -0.4 is 10.6 Å². The Morgan fingerprint density at radius 2 is 1.79 bits per heavy atom. The van der Waals surface area contributed by atoms with Crippen molar-refractivity contribution in [1.29, 1.82) is 0 Å². The molecule has 1 atom stereocenters. The van der Waals surface area contributed by atoms with Gasteiger partial charge < -0.3 is 15.6 Å². The minimum absolute atomic E-state index is 0.0227. The Morgan fingerprint density at radius 1 is 1.12 bits per heavy atom. The number of hydrogen-bond acceptors (Lipinski definition) is 2. The first kappa shape index (κ1) is 18.0. The van der Waals surface area contributed by atoms with Crippen LogP contribution in [0.4, 0.5) is 0 Å². The van der Waals surface area contributed by atoms with E-state index in [9.17, 15) is 9.59 Å². The van der Waals surface area contributed by atoms with Gasteiger partial charge in [0, 0.05) is 35.0 Å². The molecule has 1 aromatic heterocycles. The molecule has 0 spiro atoms. The van der Waals surface area contributed by atoms with Gasteiger partial charge in [-0.1, -0.05) is 39.0 Å². The normalized spacial score (nSPS) is 13.1. The SMILES string of the molecule is CC(C)NC(=O)[C@@H](Cc1c[nH]c2ccccc12)NC(=O)C(C)(C)C. The van der Waals surface area contributed by atoms with E-state index in [1.165, 1.54) is 0 Å². The highest BCUT2D eigenvalue weighted by molar-refractivity contribution is 5.91. The lowest BCUT2D eigenvalue weighted by Gasteiger charge is -2.24. The number of benzene rings is 1. The van der Waals surface area contributed by atoms with Gasteiger partial charge in [0.15, 0.2) is 0 Å². The van der Waals surface area contributed by atoms with Crippen molar-refractivity contribution in [3.05, 3.63) is 36.0 Å². The molecule has 0 saturated heterocycles. The molecule has 2 amide bonds. The maximum atomic E-state index is 12.5. The van der Waals surface area contributed by atoms with Crippen molar-refractivity contribution in [3.8, 4) is 0 Å². The summed E-state index contributed by atoms with van der Waals surface area (Å²) in [6, 6.07) is 7.37. The van der Waals surface area contributed by atoms with Gasteiger partial charge in [-0.15, -0.1) is 0 Å². The molecule has 2 aromatic rings. The van der Waals surface area contributed by atoms with Crippen molar-refractivity contribution in [2.24, 2.45) is 5.41 Å². The van der Waals surface area contributed by atoms with Gasteiger partial charge in [0.05, 0.1) is 0 Å². The minimum atomic E-state index is -0.599. The molecule has 24 heavy (non-hydrogen) atoms. The molecular weight excluding hydrogens is 302 g/mol. The topological polar surface area (TPSA) is 74.0 Å². The van der Waals surface area contributed by atoms with E-state index >= 15 is 0 Å². The van der Waals surface area contributed by atoms with Crippen molar-refractivity contribution in [2.75, 3.05) is 0 Å². The summed E-state index contributed by atoms with van der Waals surface area (Å²) in [5.41, 5.74) is 1.50. The zero-order valence-electron chi connectivity index (χ0n) is 15.1. The van der Waals surface area contributed by atoms with Gasteiger partial charge in [-0.3, -0.25) is 9.59 Å². The van der Waals surface area contributed by atoms with Gasteiger partial charge in [0.1, 0.15) is 6.04 Å². The van der Waals surface area contributed by atoms with Crippen LogP contribution in [0.1, 0.15) is 40.2 Å². The molecule has 5 heteroatoms. The molecule has 0 aliphatic heterocycles. The minimum Gasteiger partial charge on any atom is -0.361 e. The molecular formula is C19H27N3O2. The zero-order chi connectivity index (χ0) is 17.9. The lowest BCUT2D eigenvalue weighted by Crippen LogP contribution is -2.52. The molecule has 3 N–H and O–H groups in total. The second-order valence-electron chi connectivity index (χ2n) is 7.50. The molecule has 0 saturated carbocycles. The quantitative estimate of drug-likeness (QED) is 0.789. The number of aromatic amines is 1. The van der Waals surface area contributed by atoms with Gasteiger partial charge in [0.2, 0.25) is 11.8 Å². The summed E-state index contributed by atoms with van der Waals surface area (Å²) < 4.78 is 0. The maximum absolute atomic E-state index is 12.5. The summed E-state index contributed by atoms with van der Waals surface area (Å²) in [7, 11) is 0. The highest BCUT2D eigenvalue weighted by Gasteiger charge is 2.28. The van der Waals surface area contributed by atoms with Crippen molar-refractivity contribution in [2.45, 2.75) is 53.1 Å². The Morgan fingerprint density at radius 3 is 2.42 bits per heavy atom. The second kappa shape index (κ2) is 7.07. The van der Waals surface area contributed by atoms with Crippen molar-refractivity contribution in [3.63, 3.8) is 0 Å². The van der Waals surface area contributed by atoms with Gasteiger partial charge in [-0.05, 0) is 25.5 Å². The van der Waals surface area contributed by atoms with E-state index in [1.54, 1.807) is 0 Å². The monoisotopic (exact) mass is 329 g/mol. The number of aromatic nitrogens is 1. The number of rotatable bonds is 5. The third-order valence-corrected chi connectivity index (χ3v) is 3.83. The summed E-state index contributed by atoms with van der Waals surface area (Å²) >= 11 is 0. The van der Waals surface area contributed by atoms with Gasteiger partial charge >= 0.3 is 0 Å². The van der Waals surface area contributed by atoms with Crippen LogP contribution in [-0.2, 0) is 16.0 Å². The van der Waals surface area contributed by atoms with E-state index in [1.807, 2.05) is 65.1 Å². The number of fused-ring (bicyclic) bond motifs is 1. The smallest absolute Gasteiger partial charge is 0.243 e. The number of para-hydroxylation sites is 1. The van der Waals surface area contributed by atoms with E-state index in [0.29, 0.717) is 6.42 Å². The van der Waals surface area contributed by atoms with Crippen LogP contribution in [0.2, 0.25) is 0 Å². The Bertz CT molecular complexity index is 726. The van der Waals surface area contributed by atoms with Crippen LogP contribution in [0.3, 0.4) is 0 Å². The third-order valence-electron chi connectivity index (χ3n) is 3.83. The number of carbonyl (C=O) groups is 2. The van der Waals surface area contributed by atoms with E-state index in [-0.39, 0.29) is 17.9 Å². The number of H-pyrrole nitrogens is 1. The van der Waals surface area contributed by atoms with Gasteiger partial charge in [0.25, 0.3) is 0 Å². The van der Waals surface area contributed by atoms with Crippen LogP contribution in [0.25, 0.3) is 10.9 Å². The maximum Gasteiger partial charge on any atom is 0.243 e. The summed E-state index contributed by atoms with van der Waals surface area (Å²) in [6.45, 7) is 9.33. The summed E-state index contributed by atoms with van der Waals surface area (Å²) in [5, 5.41) is 6.87. The first-order valence-corrected chi connectivity index (χ1v) is 8.35. The largest absolute Gasteiger partial charge is 0.361 e. The fourth-order valence-corrected chi connectivity index (χ4v) is 2.49. The molecule has 130 valence electrons. The average Bonchev–Trinajstić information content (AvgIpc) is 2.88. The van der Waals surface area contributed by atoms with E-state index in [0.717, 1.165) is 16.5 Å². The fourth-order valence-electron chi connectivity index (χ4n) is 2.49. The molecule has 0 aliphatic carbocycles. The van der Waals surface area contributed by atoms with Crippen LogP contribution in [0.15, 0.2) is 30.5 Å². The van der Waals surface area contributed by atoms with Crippen LogP contribution >= 0.6 is 0 Å². The zero-order valence-corrected chi connectivity index (χ0v) is 15.1. The predicted molar refractivity (Wildman–Crippen MR) is 96.7 cm³/mol. The summed E-state index contributed by atoms with van der Waals surface area (Å²) in [4.78, 5) is 28.1. The lowest BCUT2D eigenvalue weighted by atomic mass is 9.94. The van der Waals surface area contributed by atoms with Crippen molar-refractivity contribution < 1.29 is 9.59 Å². The Kier molecular flexibility index (Phi) is 5.32. The molecule has 0 aliphatic rings. The van der Waals surface area contributed by atoms with Crippen LogP contribution in [-0.4, -0.2) is 28.9 Å². The average molecular weight is 329 g/mol. The van der Waals surface area contributed by atoms with E-state index in [4.69, 9.17) is 0 Å². The molecule has 0 fully saturated rings. The van der Waals surface area contributed by atoms with E-state index < -0.39 is 11.5 Å². The van der Waals surface area contributed by atoms with Gasteiger partial charge in [-0.2, -0.15) is 0 Å². The molecule has 0 bridgehead atoms. The predicted octanol–water partition coefficient (Wildman–Crippen LogP) is 2.77. The third kappa shape index (κ3) is 4.37. The van der Waals surface area contributed by atoms with Crippen molar-refractivity contribution in [1.82, 2.24) is 15.6 Å². The Hall–Kier alpha value is -2.30. The Balaban J connectivity index is 2.25. The Labute approximate surface area is 143 Å². The lowest BCUT2D eigenvalue weighted by molar-refractivity contribution is -0.133. The highest BCUT2D eigenvalue weighted by atomic mass is 16.2. The molecule has 1 heterocycles. The van der Waals surface area contributed by atoms with Crippen LogP contribution in [0.5, 0.6) is 0 Å². The standard InChI is InChI=1S/C19H27N3O2/c1-12(2)21-17(23)16(22-18(24)19(3,4)5)10-13-11-20-15-9-7-6-8-14(13)15/h6-9,11-12,16,20H,10H2,1-5H3,(H,21,23)(H,22,24)/t16-/m1/s1. The van der Waals surface area contributed by atoms with E-state index in [2.05, 4.69) is 15.6 Å².